The van der Waals surface area contributed by atoms with E-state index in [2.05, 4.69) is 31.8 Å². The van der Waals surface area contributed by atoms with Gasteiger partial charge < -0.3 is 9.80 Å². The Bertz CT molecular complexity index is 1070. The monoisotopic (exact) mass is 419 g/mol. The van der Waals surface area contributed by atoms with Gasteiger partial charge in [-0.3, -0.25) is 0 Å². The molecule has 0 aromatic carbocycles. The van der Waals surface area contributed by atoms with Crippen molar-refractivity contribution in [3.05, 3.63) is 35.5 Å². The predicted molar refractivity (Wildman–Crippen MR) is 106 cm³/mol. The van der Waals surface area contributed by atoms with Crippen molar-refractivity contribution in [3.63, 3.8) is 0 Å². The molecule has 2 unspecified atom stereocenters. The molecule has 10 heteroatoms. The lowest BCUT2D eigenvalue weighted by atomic mass is 10.0. The molecule has 5 heterocycles. The number of hydrogen-bond acceptors (Lipinski definition) is 6. The molecule has 7 nitrogen and oxygen atoms in total. The summed E-state index contributed by atoms with van der Waals surface area (Å²) in [4.78, 5) is 16.6. The summed E-state index contributed by atoms with van der Waals surface area (Å²) >= 11 is 6.12. The third-order valence-corrected chi connectivity index (χ3v) is 5.94. The van der Waals surface area contributed by atoms with Crippen molar-refractivity contribution in [2.45, 2.75) is 12.8 Å². The summed E-state index contributed by atoms with van der Waals surface area (Å²) in [5, 5.41) is 5.88. The fourth-order valence-corrected chi connectivity index (χ4v) is 4.61. The molecule has 2 aliphatic heterocycles. The highest BCUT2D eigenvalue weighted by Crippen LogP contribution is 2.37. The van der Waals surface area contributed by atoms with Crippen molar-refractivity contribution >= 4 is 28.3 Å². The standard InChI is InChI=1S/C19H20ClF2N7/c1-19(21,22)18-23-4-3-16(25-18)29-14-5-15(20)24-6-13(14)17(26-29)28-9-11-7-27(2)8-12(11)10-28/h3-6,11-12H,7-10H2,1-2H3. The average Bonchev–Trinajstić information content (AvgIpc) is 3.31. The summed E-state index contributed by atoms with van der Waals surface area (Å²) in [6.07, 6.45) is 3.01. The minimum atomic E-state index is -3.14. The molecule has 3 aromatic heterocycles. The van der Waals surface area contributed by atoms with Crippen molar-refractivity contribution in [2.24, 2.45) is 11.8 Å². The van der Waals surface area contributed by atoms with E-state index in [9.17, 15) is 8.78 Å². The molecule has 2 fully saturated rings. The number of halogens is 3. The maximum Gasteiger partial charge on any atom is 0.303 e. The zero-order valence-corrected chi connectivity index (χ0v) is 16.8. The molecule has 0 bridgehead atoms. The Morgan fingerprint density at radius 3 is 2.55 bits per heavy atom. The van der Waals surface area contributed by atoms with Crippen LogP contribution in [-0.4, -0.2) is 62.9 Å². The second-order valence-electron chi connectivity index (χ2n) is 8.03. The predicted octanol–water partition coefficient (Wildman–Crippen LogP) is 2.97. The smallest absolute Gasteiger partial charge is 0.303 e. The van der Waals surface area contributed by atoms with Crippen LogP contribution in [0.5, 0.6) is 0 Å². The Morgan fingerprint density at radius 2 is 1.86 bits per heavy atom. The molecule has 0 N–H and O–H groups in total. The lowest BCUT2D eigenvalue weighted by molar-refractivity contribution is 0.00763. The van der Waals surface area contributed by atoms with E-state index in [1.54, 1.807) is 23.0 Å². The molecule has 0 spiro atoms. The average molecular weight is 420 g/mol. The third-order valence-electron chi connectivity index (χ3n) is 5.73. The first-order chi connectivity index (χ1) is 13.8. The van der Waals surface area contributed by atoms with Crippen LogP contribution in [-0.2, 0) is 5.92 Å². The highest BCUT2D eigenvalue weighted by Gasteiger charge is 2.40. The van der Waals surface area contributed by atoms with Crippen molar-refractivity contribution < 1.29 is 8.78 Å². The summed E-state index contributed by atoms with van der Waals surface area (Å²) in [7, 11) is 2.15. The van der Waals surface area contributed by atoms with Crippen molar-refractivity contribution in [1.29, 1.82) is 0 Å². The van der Waals surface area contributed by atoms with Crippen LogP contribution in [0.15, 0.2) is 24.5 Å². The molecule has 0 radical (unpaired) electrons. The van der Waals surface area contributed by atoms with E-state index in [-0.39, 0.29) is 5.82 Å². The van der Waals surface area contributed by atoms with Crippen LogP contribution in [0.4, 0.5) is 14.6 Å². The summed E-state index contributed by atoms with van der Waals surface area (Å²) in [6.45, 7) is 4.74. The van der Waals surface area contributed by atoms with Gasteiger partial charge in [-0.05, 0) is 18.9 Å². The minimum Gasteiger partial charge on any atom is -0.354 e. The van der Waals surface area contributed by atoms with Crippen LogP contribution in [0.2, 0.25) is 5.15 Å². The first-order valence-electron chi connectivity index (χ1n) is 9.49. The van der Waals surface area contributed by atoms with E-state index in [0.29, 0.717) is 22.5 Å². The van der Waals surface area contributed by atoms with Gasteiger partial charge >= 0.3 is 5.92 Å². The van der Waals surface area contributed by atoms with Crippen LogP contribution >= 0.6 is 11.6 Å². The zero-order chi connectivity index (χ0) is 20.3. The number of pyridine rings is 1. The van der Waals surface area contributed by atoms with Crippen molar-refractivity contribution in [1.82, 2.24) is 29.6 Å². The number of anilines is 1. The molecule has 0 amide bonds. The Hall–Kier alpha value is -2.39. The van der Waals surface area contributed by atoms with Gasteiger partial charge in [-0.2, -0.15) is 8.78 Å². The Morgan fingerprint density at radius 1 is 1.14 bits per heavy atom. The van der Waals surface area contributed by atoms with Crippen LogP contribution in [0.25, 0.3) is 16.7 Å². The Balaban J connectivity index is 1.60. The topological polar surface area (TPSA) is 63.0 Å². The number of rotatable bonds is 3. The van der Waals surface area contributed by atoms with Crippen LogP contribution in [0.3, 0.4) is 0 Å². The SMILES string of the molecule is CN1CC2CN(c3nn(-c4ccnc(C(C)(F)F)n4)c4cc(Cl)ncc34)CC2C1. The summed E-state index contributed by atoms with van der Waals surface area (Å²) in [5.41, 5.74) is 0.679. The number of hydrogen-bond donors (Lipinski definition) is 0. The highest BCUT2D eigenvalue weighted by atomic mass is 35.5. The maximum absolute atomic E-state index is 13.7. The van der Waals surface area contributed by atoms with Gasteiger partial charge in [0.1, 0.15) is 5.15 Å². The quantitative estimate of drug-likeness (QED) is 0.608. The molecule has 2 atom stereocenters. The van der Waals surface area contributed by atoms with Crippen LogP contribution < -0.4 is 4.90 Å². The number of fused-ring (bicyclic) bond motifs is 2. The molecule has 2 aliphatic rings. The van der Waals surface area contributed by atoms with Crippen molar-refractivity contribution in [2.75, 3.05) is 38.1 Å². The molecule has 2 saturated heterocycles. The molecular formula is C19H20ClF2N7. The Labute approximate surface area is 171 Å². The van der Waals surface area contributed by atoms with Gasteiger partial charge in [-0.15, -0.1) is 5.10 Å². The van der Waals surface area contributed by atoms with E-state index in [0.717, 1.165) is 44.3 Å². The zero-order valence-electron chi connectivity index (χ0n) is 16.1. The molecule has 152 valence electrons. The number of aromatic nitrogens is 5. The molecule has 0 aliphatic carbocycles. The number of alkyl halides is 2. The van der Waals surface area contributed by atoms with Gasteiger partial charge in [-0.1, -0.05) is 11.6 Å². The van der Waals surface area contributed by atoms with Gasteiger partial charge in [0, 0.05) is 57.6 Å². The number of likely N-dealkylation sites (tertiary alicyclic amines) is 1. The largest absolute Gasteiger partial charge is 0.354 e. The third kappa shape index (κ3) is 3.22. The lowest BCUT2D eigenvalue weighted by Crippen LogP contribution is -2.27. The van der Waals surface area contributed by atoms with E-state index in [1.807, 2.05) is 0 Å². The first-order valence-corrected chi connectivity index (χ1v) is 9.87. The first kappa shape index (κ1) is 18.6. The van der Waals surface area contributed by atoms with Gasteiger partial charge in [0.25, 0.3) is 0 Å². The Kier molecular flexibility index (Phi) is 4.22. The fourth-order valence-electron chi connectivity index (χ4n) is 4.46. The second-order valence-corrected chi connectivity index (χ2v) is 8.42. The normalized spacial score (nSPS) is 22.6. The van der Waals surface area contributed by atoms with Gasteiger partial charge in [0.05, 0.1) is 10.9 Å². The van der Waals surface area contributed by atoms with Crippen LogP contribution in [0.1, 0.15) is 12.7 Å². The fraction of sp³-hybridized carbons (Fsp3) is 0.474. The molecule has 5 rings (SSSR count). The van der Waals surface area contributed by atoms with E-state index in [4.69, 9.17) is 16.7 Å². The van der Waals surface area contributed by atoms with E-state index in [1.165, 1.54) is 6.20 Å². The van der Waals surface area contributed by atoms with E-state index < -0.39 is 11.7 Å². The van der Waals surface area contributed by atoms with Gasteiger partial charge in [-0.25, -0.2) is 19.6 Å². The summed E-state index contributed by atoms with van der Waals surface area (Å²) in [6, 6.07) is 3.25. The van der Waals surface area contributed by atoms with Crippen molar-refractivity contribution in [3.8, 4) is 5.82 Å². The molecule has 0 saturated carbocycles. The minimum absolute atomic E-state index is 0.272. The number of nitrogens with zero attached hydrogens (tertiary/aromatic N) is 7. The highest BCUT2D eigenvalue weighted by molar-refractivity contribution is 6.30. The summed E-state index contributed by atoms with van der Waals surface area (Å²) in [5.74, 6) is -1.42. The van der Waals surface area contributed by atoms with Gasteiger partial charge in [0.15, 0.2) is 11.6 Å². The molecule has 29 heavy (non-hydrogen) atoms. The van der Waals surface area contributed by atoms with Gasteiger partial charge in [0.2, 0.25) is 5.82 Å². The lowest BCUT2D eigenvalue weighted by Gasteiger charge is -2.19. The summed E-state index contributed by atoms with van der Waals surface area (Å²) < 4.78 is 29.0. The molecule has 3 aromatic rings. The van der Waals surface area contributed by atoms with Crippen LogP contribution in [0, 0.1) is 11.8 Å². The maximum atomic E-state index is 13.7. The second kappa shape index (κ2) is 6.56. The van der Waals surface area contributed by atoms with E-state index >= 15 is 0 Å². The molecular weight excluding hydrogens is 400 g/mol.